The molecule has 142 valence electrons. The quantitative estimate of drug-likeness (QED) is 0.759. The van der Waals surface area contributed by atoms with E-state index in [4.69, 9.17) is 9.47 Å². The van der Waals surface area contributed by atoms with E-state index in [9.17, 15) is 9.59 Å². The normalized spacial score (nSPS) is 21.8. The third-order valence-corrected chi connectivity index (χ3v) is 5.15. The number of nitrogens with zero attached hydrogens (tertiary/aromatic N) is 1. The fourth-order valence-electron chi connectivity index (χ4n) is 3.71. The summed E-state index contributed by atoms with van der Waals surface area (Å²) in [7, 11) is 0. The first kappa shape index (κ1) is 19.1. The van der Waals surface area contributed by atoms with E-state index in [1.807, 2.05) is 17.0 Å². The number of ether oxygens (including phenoxy) is 2. The molecule has 2 aliphatic rings. The molecule has 0 N–H and O–H groups in total. The number of benzene rings is 1. The second-order valence-electron chi connectivity index (χ2n) is 7.69. The molecule has 1 atom stereocenters. The highest BCUT2D eigenvalue weighted by Gasteiger charge is 2.32. The number of hydrogen-bond donors (Lipinski definition) is 0. The molecule has 1 aromatic carbocycles. The van der Waals surface area contributed by atoms with Crippen molar-refractivity contribution in [2.75, 3.05) is 32.9 Å². The van der Waals surface area contributed by atoms with E-state index < -0.39 is 6.10 Å². The molecule has 0 spiro atoms. The Kier molecular flexibility index (Phi) is 6.43. The standard InChI is InChI=1S/C21H29NO4/c1-15(2)13-16-3-5-17(6-4-16)20(23)18-7-9-22(10-8-18)21(24)19-14-25-11-12-26-19/h3-6,15,18-19H,7-14H2,1-2H3. The van der Waals surface area contributed by atoms with Gasteiger partial charge in [0.15, 0.2) is 11.9 Å². The summed E-state index contributed by atoms with van der Waals surface area (Å²) in [5.41, 5.74) is 2.05. The van der Waals surface area contributed by atoms with Gasteiger partial charge in [0.1, 0.15) is 0 Å². The monoisotopic (exact) mass is 359 g/mol. The molecule has 26 heavy (non-hydrogen) atoms. The van der Waals surface area contributed by atoms with E-state index in [1.54, 1.807) is 0 Å². The smallest absolute Gasteiger partial charge is 0.254 e. The number of Topliss-reactive ketones (excluding diaryl/α,β-unsaturated/α-hetero) is 1. The Morgan fingerprint density at radius 1 is 1.12 bits per heavy atom. The Morgan fingerprint density at radius 3 is 2.38 bits per heavy atom. The van der Waals surface area contributed by atoms with Crippen molar-refractivity contribution in [3.8, 4) is 0 Å². The van der Waals surface area contributed by atoms with Gasteiger partial charge in [-0.05, 0) is 30.7 Å². The van der Waals surface area contributed by atoms with Crippen LogP contribution in [0.3, 0.4) is 0 Å². The van der Waals surface area contributed by atoms with E-state index in [2.05, 4.69) is 26.0 Å². The summed E-state index contributed by atoms with van der Waals surface area (Å²) in [5.74, 6) is 0.801. The van der Waals surface area contributed by atoms with Gasteiger partial charge in [0, 0.05) is 24.6 Å². The summed E-state index contributed by atoms with van der Waals surface area (Å²) >= 11 is 0. The van der Waals surface area contributed by atoms with Gasteiger partial charge in [-0.3, -0.25) is 9.59 Å². The molecule has 5 nitrogen and oxygen atoms in total. The molecule has 0 bridgehead atoms. The van der Waals surface area contributed by atoms with Crippen LogP contribution in [0.25, 0.3) is 0 Å². The second kappa shape index (κ2) is 8.78. The van der Waals surface area contributed by atoms with Crippen molar-refractivity contribution in [1.29, 1.82) is 0 Å². The number of hydrogen-bond acceptors (Lipinski definition) is 4. The minimum atomic E-state index is -0.482. The zero-order chi connectivity index (χ0) is 18.5. The first-order valence-electron chi connectivity index (χ1n) is 9.66. The molecular formula is C21H29NO4. The average molecular weight is 359 g/mol. The van der Waals surface area contributed by atoms with Crippen LogP contribution in [0.4, 0.5) is 0 Å². The Balaban J connectivity index is 1.52. The lowest BCUT2D eigenvalue weighted by molar-refractivity contribution is -0.159. The van der Waals surface area contributed by atoms with Crippen molar-refractivity contribution in [3.05, 3.63) is 35.4 Å². The van der Waals surface area contributed by atoms with Gasteiger partial charge in [-0.1, -0.05) is 38.1 Å². The molecule has 1 unspecified atom stereocenters. The third-order valence-electron chi connectivity index (χ3n) is 5.15. The van der Waals surface area contributed by atoms with Crippen LogP contribution in [0.15, 0.2) is 24.3 Å². The van der Waals surface area contributed by atoms with Crippen molar-refractivity contribution >= 4 is 11.7 Å². The summed E-state index contributed by atoms with van der Waals surface area (Å²) in [5, 5.41) is 0. The largest absolute Gasteiger partial charge is 0.376 e. The van der Waals surface area contributed by atoms with Crippen molar-refractivity contribution in [1.82, 2.24) is 4.90 Å². The maximum atomic E-state index is 12.8. The highest BCUT2D eigenvalue weighted by Crippen LogP contribution is 2.23. The van der Waals surface area contributed by atoms with Crippen LogP contribution in [-0.2, 0) is 20.7 Å². The Hall–Kier alpha value is -1.72. The number of piperidine rings is 1. The minimum absolute atomic E-state index is 0.00137. The highest BCUT2D eigenvalue weighted by molar-refractivity contribution is 5.98. The molecule has 0 aromatic heterocycles. The van der Waals surface area contributed by atoms with E-state index in [0.717, 1.165) is 12.0 Å². The molecule has 0 saturated carbocycles. The number of amides is 1. The van der Waals surface area contributed by atoms with Gasteiger partial charge in [0.2, 0.25) is 0 Å². The molecule has 0 aliphatic carbocycles. The third kappa shape index (κ3) is 4.71. The van der Waals surface area contributed by atoms with Gasteiger partial charge in [-0.2, -0.15) is 0 Å². The zero-order valence-corrected chi connectivity index (χ0v) is 15.8. The predicted octanol–water partition coefficient (Wildman–Crippen LogP) is 2.72. The van der Waals surface area contributed by atoms with Crippen molar-refractivity contribution in [3.63, 3.8) is 0 Å². The van der Waals surface area contributed by atoms with Crippen LogP contribution < -0.4 is 0 Å². The maximum Gasteiger partial charge on any atom is 0.254 e. The highest BCUT2D eigenvalue weighted by atomic mass is 16.6. The van der Waals surface area contributed by atoms with Gasteiger partial charge in [0.25, 0.3) is 5.91 Å². The predicted molar refractivity (Wildman–Crippen MR) is 99.2 cm³/mol. The molecule has 2 heterocycles. The first-order chi connectivity index (χ1) is 12.5. The average Bonchev–Trinajstić information content (AvgIpc) is 2.68. The van der Waals surface area contributed by atoms with E-state index in [0.29, 0.717) is 51.7 Å². The first-order valence-corrected chi connectivity index (χ1v) is 9.66. The van der Waals surface area contributed by atoms with Crippen molar-refractivity contribution in [2.24, 2.45) is 11.8 Å². The molecule has 1 aromatic rings. The van der Waals surface area contributed by atoms with Crippen LogP contribution in [0.1, 0.15) is 42.6 Å². The molecule has 2 aliphatic heterocycles. The Bertz CT molecular complexity index is 611. The van der Waals surface area contributed by atoms with Crippen molar-refractivity contribution in [2.45, 2.75) is 39.2 Å². The van der Waals surface area contributed by atoms with Crippen LogP contribution in [0, 0.1) is 11.8 Å². The lowest BCUT2D eigenvalue weighted by atomic mass is 9.88. The Morgan fingerprint density at radius 2 is 1.81 bits per heavy atom. The molecular weight excluding hydrogens is 330 g/mol. The SMILES string of the molecule is CC(C)Cc1ccc(C(=O)C2CCN(C(=O)C3COCCO3)CC2)cc1. The molecule has 1 amide bonds. The van der Waals surface area contributed by atoms with Crippen LogP contribution in [-0.4, -0.2) is 55.6 Å². The molecule has 2 fully saturated rings. The number of likely N-dealkylation sites (tertiary alicyclic amines) is 1. The summed E-state index contributed by atoms with van der Waals surface area (Å²) < 4.78 is 10.8. The van der Waals surface area contributed by atoms with Gasteiger partial charge in [0.05, 0.1) is 19.8 Å². The number of rotatable bonds is 5. The molecule has 3 rings (SSSR count). The molecule has 2 saturated heterocycles. The summed E-state index contributed by atoms with van der Waals surface area (Å²) in [6.45, 7) is 6.97. The summed E-state index contributed by atoms with van der Waals surface area (Å²) in [6, 6.07) is 8.02. The zero-order valence-electron chi connectivity index (χ0n) is 15.8. The fraction of sp³-hybridized carbons (Fsp3) is 0.619. The lowest BCUT2D eigenvalue weighted by Gasteiger charge is -2.34. The van der Waals surface area contributed by atoms with Gasteiger partial charge < -0.3 is 14.4 Å². The molecule has 5 heteroatoms. The topological polar surface area (TPSA) is 55.8 Å². The number of carbonyl (C=O) groups excluding carboxylic acids is 2. The van der Waals surface area contributed by atoms with Gasteiger partial charge in [-0.25, -0.2) is 0 Å². The number of carbonyl (C=O) groups is 2. The van der Waals surface area contributed by atoms with Gasteiger partial charge in [-0.15, -0.1) is 0 Å². The van der Waals surface area contributed by atoms with Crippen LogP contribution in [0.2, 0.25) is 0 Å². The van der Waals surface area contributed by atoms with Crippen molar-refractivity contribution < 1.29 is 19.1 Å². The lowest BCUT2D eigenvalue weighted by Crippen LogP contribution is -2.48. The minimum Gasteiger partial charge on any atom is -0.376 e. The van der Waals surface area contributed by atoms with Crippen LogP contribution in [0.5, 0.6) is 0 Å². The Labute approximate surface area is 155 Å². The van der Waals surface area contributed by atoms with E-state index >= 15 is 0 Å². The maximum absolute atomic E-state index is 12.8. The fourth-order valence-corrected chi connectivity index (χ4v) is 3.71. The van der Waals surface area contributed by atoms with Gasteiger partial charge >= 0.3 is 0 Å². The molecule has 0 radical (unpaired) electrons. The van der Waals surface area contributed by atoms with E-state index in [1.165, 1.54) is 5.56 Å². The van der Waals surface area contributed by atoms with Crippen LogP contribution >= 0.6 is 0 Å². The summed E-state index contributed by atoms with van der Waals surface area (Å²) in [4.78, 5) is 27.0. The number of ketones is 1. The summed E-state index contributed by atoms with van der Waals surface area (Å²) in [6.07, 6.45) is 1.98. The second-order valence-corrected chi connectivity index (χ2v) is 7.69. The van der Waals surface area contributed by atoms with E-state index in [-0.39, 0.29) is 17.6 Å².